The minimum atomic E-state index is -0.334. The van der Waals surface area contributed by atoms with Gasteiger partial charge in [-0.2, -0.15) is 0 Å². The molecule has 0 spiro atoms. The number of likely N-dealkylation sites (N-methyl/N-ethyl adjacent to an activating group) is 1. The summed E-state index contributed by atoms with van der Waals surface area (Å²) in [5, 5.41) is 2.24. The van der Waals surface area contributed by atoms with Gasteiger partial charge >= 0.3 is 5.97 Å². The highest BCUT2D eigenvalue weighted by Crippen LogP contribution is 2.20. The molecular formula is C16H20ClNO3. The van der Waals surface area contributed by atoms with Crippen molar-refractivity contribution in [2.45, 2.75) is 0 Å². The van der Waals surface area contributed by atoms with E-state index in [4.69, 9.17) is 9.47 Å². The van der Waals surface area contributed by atoms with Crippen molar-refractivity contribution in [3.05, 3.63) is 42.5 Å². The van der Waals surface area contributed by atoms with Crippen LogP contribution in [0.3, 0.4) is 0 Å². The molecule has 0 aromatic heterocycles. The molecule has 114 valence electrons. The lowest BCUT2D eigenvalue weighted by Crippen LogP contribution is -3.06. The lowest BCUT2D eigenvalue weighted by atomic mass is 10.1. The summed E-state index contributed by atoms with van der Waals surface area (Å²) < 4.78 is 10.5. The molecule has 2 aromatic carbocycles. The monoisotopic (exact) mass is 309 g/mol. The van der Waals surface area contributed by atoms with Gasteiger partial charge in [-0.15, -0.1) is 0 Å². The number of carbonyl (C=O) groups is 1. The Kier molecular flexibility index (Phi) is 6.99. The molecule has 0 fully saturated rings. The fraction of sp³-hybridized carbons (Fsp3) is 0.312. The molecular weight excluding hydrogens is 290 g/mol. The van der Waals surface area contributed by atoms with Crippen LogP contribution in [0.5, 0.6) is 5.75 Å². The van der Waals surface area contributed by atoms with Crippen LogP contribution < -0.4 is 22.0 Å². The number of benzene rings is 2. The van der Waals surface area contributed by atoms with Crippen LogP contribution in [0.1, 0.15) is 0 Å². The van der Waals surface area contributed by atoms with Gasteiger partial charge in [0.05, 0.1) is 14.1 Å². The van der Waals surface area contributed by atoms with E-state index in [0.717, 1.165) is 17.3 Å². The van der Waals surface area contributed by atoms with E-state index in [1.165, 1.54) is 4.90 Å². The molecule has 1 N–H and O–H groups in total. The van der Waals surface area contributed by atoms with E-state index in [2.05, 4.69) is 0 Å². The number of esters is 1. The van der Waals surface area contributed by atoms with E-state index in [1.54, 1.807) is 0 Å². The predicted octanol–water partition coefficient (Wildman–Crippen LogP) is -2.09. The topological polar surface area (TPSA) is 40.0 Å². The number of nitrogens with one attached hydrogen (secondary N) is 1. The average Bonchev–Trinajstić information content (AvgIpc) is 2.44. The first-order valence-corrected chi connectivity index (χ1v) is 6.71. The quantitative estimate of drug-likeness (QED) is 0.622. The van der Waals surface area contributed by atoms with Gasteiger partial charge in [0, 0.05) is 0 Å². The van der Waals surface area contributed by atoms with Crippen LogP contribution in [0.4, 0.5) is 0 Å². The number of fused-ring (bicyclic) bond motifs is 1. The van der Waals surface area contributed by atoms with Crippen molar-refractivity contribution in [2.75, 3.05) is 33.9 Å². The van der Waals surface area contributed by atoms with Gasteiger partial charge in [-0.1, -0.05) is 30.3 Å². The minimum absolute atomic E-state index is 0. The van der Waals surface area contributed by atoms with Crippen molar-refractivity contribution >= 4 is 16.7 Å². The van der Waals surface area contributed by atoms with Gasteiger partial charge in [0.15, 0.2) is 6.61 Å². The Morgan fingerprint density at radius 2 is 1.81 bits per heavy atom. The molecule has 0 saturated carbocycles. The highest BCUT2D eigenvalue weighted by atomic mass is 35.5. The van der Waals surface area contributed by atoms with E-state index >= 15 is 0 Å². The van der Waals surface area contributed by atoms with Crippen LogP contribution in [-0.4, -0.2) is 39.8 Å². The molecule has 0 aliphatic carbocycles. The maximum Gasteiger partial charge on any atom is 0.344 e. The van der Waals surface area contributed by atoms with Gasteiger partial charge in [-0.25, -0.2) is 4.79 Å². The number of carbonyl (C=O) groups excluding carboxylic acids is 1. The first kappa shape index (κ1) is 17.3. The Hall–Kier alpha value is -1.78. The molecule has 0 aliphatic rings. The number of ether oxygens (including phenoxy) is 2. The normalized spacial score (nSPS) is 10.2. The zero-order valence-corrected chi connectivity index (χ0v) is 13.0. The van der Waals surface area contributed by atoms with Crippen LogP contribution in [-0.2, 0) is 9.53 Å². The highest BCUT2D eigenvalue weighted by Gasteiger charge is 2.05. The summed E-state index contributed by atoms with van der Waals surface area (Å²) in [4.78, 5) is 12.7. The molecule has 5 heteroatoms. The number of rotatable bonds is 6. The lowest BCUT2D eigenvalue weighted by molar-refractivity contribution is -0.858. The second kappa shape index (κ2) is 8.49. The van der Waals surface area contributed by atoms with Crippen molar-refractivity contribution in [2.24, 2.45) is 0 Å². The summed E-state index contributed by atoms with van der Waals surface area (Å²) in [5.41, 5.74) is 0. The Morgan fingerprint density at radius 1 is 1.10 bits per heavy atom. The van der Waals surface area contributed by atoms with E-state index in [0.29, 0.717) is 12.4 Å². The van der Waals surface area contributed by atoms with Crippen LogP contribution in [0.2, 0.25) is 0 Å². The SMILES string of the molecule is C[NH+](C)CCOC(=O)COc1ccc2ccccc2c1.[Cl-]. The van der Waals surface area contributed by atoms with Gasteiger partial charge < -0.3 is 26.8 Å². The maximum absolute atomic E-state index is 11.5. The molecule has 0 aliphatic heterocycles. The largest absolute Gasteiger partial charge is 1.00 e. The van der Waals surface area contributed by atoms with E-state index < -0.39 is 0 Å². The Bertz CT molecular complexity index is 586. The van der Waals surface area contributed by atoms with Crippen molar-refractivity contribution in [3.8, 4) is 5.75 Å². The fourth-order valence-electron chi connectivity index (χ4n) is 1.81. The lowest BCUT2D eigenvalue weighted by Gasteiger charge is -2.09. The Balaban J connectivity index is 0.00000220. The molecule has 0 bridgehead atoms. The first-order chi connectivity index (χ1) is 9.65. The zero-order valence-electron chi connectivity index (χ0n) is 12.3. The van der Waals surface area contributed by atoms with E-state index in [9.17, 15) is 4.79 Å². The number of hydrogen-bond acceptors (Lipinski definition) is 3. The van der Waals surface area contributed by atoms with Crippen molar-refractivity contribution in [1.29, 1.82) is 0 Å². The van der Waals surface area contributed by atoms with Crippen molar-refractivity contribution < 1.29 is 31.6 Å². The zero-order chi connectivity index (χ0) is 14.4. The molecule has 0 unspecified atom stereocenters. The average molecular weight is 310 g/mol. The summed E-state index contributed by atoms with van der Waals surface area (Å²) >= 11 is 0. The smallest absolute Gasteiger partial charge is 0.344 e. The van der Waals surface area contributed by atoms with Crippen molar-refractivity contribution in [1.82, 2.24) is 0 Å². The molecule has 0 amide bonds. The van der Waals surface area contributed by atoms with Crippen molar-refractivity contribution in [3.63, 3.8) is 0 Å². The van der Waals surface area contributed by atoms with E-state index in [-0.39, 0.29) is 25.0 Å². The third-order valence-corrected chi connectivity index (χ3v) is 2.94. The maximum atomic E-state index is 11.5. The summed E-state index contributed by atoms with van der Waals surface area (Å²) in [6.07, 6.45) is 0. The molecule has 2 aromatic rings. The standard InChI is InChI=1S/C16H19NO3.ClH/c1-17(2)9-10-19-16(18)12-20-15-8-7-13-5-3-4-6-14(13)11-15;/h3-8,11H,9-10,12H2,1-2H3;1H. The molecule has 0 radical (unpaired) electrons. The van der Waals surface area contributed by atoms with Crippen LogP contribution >= 0.6 is 0 Å². The Morgan fingerprint density at radius 3 is 2.52 bits per heavy atom. The third-order valence-electron chi connectivity index (χ3n) is 2.94. The summed E-state index contributed by atoms with van der Waals surface area (Å²) in [5.74, 6) is 0.346. The Labute approximate surface area is 131 Å². The number of hydrogen-bond donors (Lipinski definition) is 1. The number of halogens is 1. The van der Waals surface area contributed by atoms with E-state index in [1.807, 2.05) is 56.6 Å². The minimum Gasteiger partial charge on any atom is -1.00 e. The second-order valence-electron chi connectivity index (χ2n) is 4.98. The van der Waals surface area contributed by atoms with Crippen LogP contribution in [0.15, 0.2) is 42.5 Å². The first-order valence-electron chi connectivity index (χ1n) is 6.71. The van der Waals surface area contributed by atoms with Gasteiger partial charge in [0.2, 0.25) is 0 Å². The molecule has 0 saturated heterocycles. The fourth-order valence-corrected chi connectivity index (χ4v) is 1.81. The molecule has 21 heavy (non-hydrogen) atoms. The van der Waals surface area contributed by atoms with Crippen LogP contribution in [0, 0.1) is 0 Å². The highest BCUT2D eigenvalue weighted by molar-refractivity contribution is 5.83. The molecule has 0 heterocycles. The summed E-state index contributed by atoms with van der Waals surface area (Å²) in [6.45, 7) is 1.16. The molecule has 2 rings (SSSR count). The number of quaternary nitrogens is 1. The predicted molar refractivity (Wildman–Crippen MR) is 78.1 cm³/mol. The van der Waals surface area contributed by atoms with Gasteiger partial charge in [0.25, 0.3) is 0 Å². The summed E-state index contributed by atoms with van der Waals surface area (Å²) in [7, 11) is 4.03. The van der Waals surface area contributed by atoms with Gasteiger partial charge in [0.1, 0.15) is 18.9 Å². The van der Waals surface area contributed by atoms with Gasteiger partial charge in [-0.3, -0.25) is 0 Å². The molecule has 4 nitrogen and oxygen atoms in total. The summed E-state index contributed by atoms with van der Waals surface area (Å²) in [6, 6.07) is 13.8. The van der Waals surface area contributed by atoms with Crippen LogP contribution in [0.25, 0.3) is 10.8 Å². The second-order valence-corrected chi connectivity index (χ2v) is 4.98. The van der Waals surface area contributed by atoms with Gasteiger partial charge in [-0.05, 0) is 22.9 Å². The molecule has 0 atom stereocenters. The third kappa shape index (κ3) is 5.61.